The van der Waals surface area contributed by atoms with E-state index in [0.29, 0.717) is 60.1 Å². The molecular formula is C59H64N6O16. The number of hydrogen-bond acceptors (Lipinski definition) is 20. The van der Waals surface area contributed by atoms with E-state index in [-0.39, 0.29) is 53.2 Å². The molecule has 0 unspecified atom stereocenters. The van der Waals surface area contributed by atoms with Gasteiger partial charge in [-0.25, -0.2) is 4.79 Å². The molecule has 0 amide bonds. The van der Waals surface area contributed by atoms with E-state index in [4.69, 9.17) is 34.8 Å². The molecule has 3 aliphatic heterocycles. The Labute approximate surface area is 462 Å². The van der Waals surface area contributed by atoms with E-state index >= 15 is 0 Å². The fourth-order valence-electron chi connectivity index (χ4n) is 15.6. The molecule has 17 N–H and O–H groups in total. The van der Waals surface area contributed by atoms with E-state index in [2.05, 4.69) is 33.1 Å². The van der Waals surface area contributed by atoms with Gasteiger partial charge in [-0.2, -0.15) is 0 Å². The summed E-state index contributed by atoms with van der Waals surface area (Å²) in [5, 5.41) is 118. The van der Waals surface area contributed by atoms with Crippen LogP contribution in [0.3, 0.4) is 0 Å². The summed E-state index contributed by atoms with van der Waals surface area (Å²) >= 11 is 0. The fraction of sp³-hybridized carbons (Fsp3) is 0.424. The van der Waals surface area contributed by atoms with Gasteiger partial charge in [0.2, 0.25) is 18.3 Å². The predicted octanol–water partition coefficient (Wildman–Crippen LogP) is 2.81. The highest BCUT2D eigenvalue weighted by Gasteiger charge is 2.83. The maximum Gasteiger partial charge on any atom is 0.336 e. The van der Waals surface area contributed by atoms with Crippen molar-refractivity contribution in [2.45, 2.75) is 99.7 Å². The number of nitrogens with two attached hydrogens (primary N) is 2. The van der Waals surface area contributed by atoms with Crippen molar-refractivity contribution in [1.29, 1.82) is 0 Å². The molecule has 0 radical (unpaired) electrons. The number of carbonyl (C=O) groups is 1. The zero-order chi connectivity index (χ0) is 56.7. The van der Waals surface area contributed by atoms with Gasteiger partial charge in [-0.1, -0.05) is 19.1 Å². The normalized spacial score (nSPS) is 33.5. The third-order valence-electron chi connectivity index (χ3n) is 19.1. The number of aliphatic hydroxyl groups is 6. The van der Waals surface area contributed by atoms with Crippen LogP contribution in [0.25, 0.3) is 22.3 Å². The van der Waals surface area contributed by atoms with Crippen LogP contribution in [0.1, 0.15) is 68.2 Å². The molecule has 5 aromatic rings. The highest BCUT2D eigenvalue weighted by Crippen LogP contribution is 2.81. The number of ether oxygens (including phenoxy) is 4. The summed E-state index contributed by atoms with van der Waals surface area (Å²) < 4.78 is 31.4. The van der Waals surface area contributed by atoms with Crippen molar-refractivity contribution in [3.05, 3.63) is 141 Å². The first-order valence-electron chi connectivity index (χ1n) is 27.3. The zero-order valence-corrected chi connectivity index (χ0v) is 44.0. The average Bonchev–Trinajstić information content (AvgIpc) is 1.81. The number of aromatic amines is 1. The van der Waals surface area contributed by atoms with Crippen LogP contribution in [0.5, 0.6) is 28.7 Å². The Morgan fingerprint density at radius 1 is 1.00 bits per heavy atom. The Kier molecular flexibility index (Phi) is 12.3. The number of nitrogens with one attached hydrogen (secondary N) is 4. The summed E-state index contributed by atoms with van der Waals surface area (Å²) in [5.74, 6) is -3.49. The molecule has 2 saturated carbocycles. The van der Waals surface area contributed by atoms with Crippen molar-refractivity contribution in [2.75, 3.05) is 32.1 Å². The maximum absolute atomic E-state index is 14.3. The first kappa shape index (κ1) is 53.0. The molecule has 426 valence electrons. The number of aromatic nitrogens is 1. The number of anilines is 1. The van der Waals surface area contributed by atoms with E-state index < -0.39 is 111 Å². The number of dihydropyridines is 1. The number of allylic oxidation sites excluding steroid dienone is 4. The summed E-state index contributed by atoms with van der Waals surface area (Å²) in [5.41, 5.74) is 6.35. The molecule has 13 rings (SSSR count). The van der Waals surface area contributed by atoms with Crippen LogP contribution >= 0.6 is 0 Å². The number of fused-ring (bicyclic) bond motifs is 5. The van der Waals surface area contributed by atoms with E-state index in [1.54, 1.807) is 18.2 Å². The number of nitrogen functional groups attached to an aromatic ring is 1. The van der Waals surface area contributed by atoms with Crippen LogP contribution in [0.4, 0.5) is 5.82 Å². The average molecular weight is 1110 g/mol. The van der Waals surface area contributed by atoms with E-state index in [1.165, 1.54) is 42.5 Å². The minimum Gasteiger partial charge on any atom is -0.508 e. The van der Waals surface area contributed by atoms with Gasteiger partial charge in [-0.3, -0.25) is 10.1 Å². The topological polar surface area (TPSA) is 370 Å². The molecule has 5 heterocycles. The second-order valence-corrected chi connectivity index (χ2v) is 23.0. The summed E-state index contributed by atoms with van der Waals surface area (Å²) in [4.78, 5) is 31.2. The first-order chi connectivity index (χ1) is 38.8. The number of benzene rings is 3. The van der Waals surface area contributed by atoms with Gasteiger partial charge >= 0.3 is 5.97 Å². The summed E-state index contributed by atoms with van der Waals surface area (Å²) in [6, 6.07) is 15.0. The number of H-pyrrole nitrogens is 1. The largest absolute Gasteiger partial charge is 0.508 e. The van der Waals surface area contributed by atoms with Crippen molar-refractivity contribution >= 4 is 22.8 Å². The molecule has 5 aliphatic carbocycles. The van der Waals surface area contributed by atoms with Crippen molar-refractivity contribution in [2.24, 2.45) is 33.8 Å². The number of phenolic OH excluding ortho intramolecular Hbond substituents is 2. The first-order valence-corrected chi connectivity index (χ1v) is 27.3. The van der Waals surface area contributed by atoms with Gasteiger partial charge in [0.1, 0.15) is 51.9 Å². The van der Waals surface area contributed by atoms with Crippen LogP contribution in [0.2, 0.25) is 0 Å². The lowest BCUT2D eigenvalue weighted by Gasteiger charge is -2.73. The van der Waals surface area contributed by atoms with Gasteiger partial charge in [0.15, 0.2) is 34.7 Å². The minimum absolute atomic E-state index is 0.0250. The molecule has 22 nitrogen and oxygen atoms in total. The Balaban J connectivity index is 0.965. The smallest absolute Gasteiger partial charge is 0.336 e. The molecule has 14 atom stereocenters. The molecular weight excluding hydrogens is 1050 g/mol. The Hall–Kier alpha value is -7.38. The monoisotopic (exact) mass is 1110 g/mol. The van der Waals surface area contributed by atoms with Gasteiger partial charge in [0, 0.05) is 71.0 Å². The van der Waals surface area contributed by atoms with Crippen LogP contribution in [0.15, 0.2) is 123 Å². The quantitative estimate of drug-likeness (QED) is 0.0561. The lowest BCUT2D eigenvalue weighted by atomic mass is 9.33. The Morgan fingerprint density at radius 2 is 1.80 bits per heavy atom. The molecule has 8 aliphatic rings. The molecule has 6 bridgehead atoms. The zero-order valence-electron chi connectivity index (χ0n) is 44.0. The third-order valence-corrected chi connectivity index (χ3v) is 19.1. The number of aliphatic hydroxyl groups excluding tert-OH is 4. The molecule has 22 heteroatoms. The number of carboxylic acids is 1. The van der Waals surface area contributed by atoms with Crippen LogP contribution in [-0.4, -0.2) is 125 Å². The predicted molar refractivity (Wildman–Crippen MR) is 289 cm³/mol. The summed E-state index contributed by atoms with van der Waals surface area (Å²) in [6.45, 7) is 2.27. The highest BCUT2D eigenvalue weighted by atomic mass is 16.7. The lowest BCUT2D eigenvalue weighted by molar-refractivity contribution is -0.364. The van der Waals surface area contributed by atoms with Crippen LogP contribution in [-0.2, 0) is 16.0 Å². The number of hydrogen-bond donors (Lipinski definition) is 15. The SMILES string of the molecule is CCc1cc(O)cc([C@H](O)Oc2c(O[C@@H]3O[C@H](C(=O)O)[C@]4(O)[C@@H](O)[C@]3(O)C=C3[C@@]56C7=C(CC[C@@]58C=C[C@@H](C[C@]34[C@@H]3CNCN3)[C@@H]6CC8)CNC(N)=C7)cc3oc(-c4ccc(O[C@H](CO)[C@H](O)c5ccc(N)[nH]5)cc4)cc(=O)c3c2O)c1. The number of aromatic hydroxyl groups is 2. The van der Waals surface area contributed by atoms with Gasteiger partial charge in [-0.05, 0) is 139 Å². The van der Waals surface area contributed by atoms with Gasteiger partial charge in [-0.15, -0.1) is 0 Å². The van der Waals surface area contributed by atoms with E-state index in [0.717, 1.165) is 42.5 Å². The number of aryl methyl sites for hydroxylation is 1. The highest BCUT2D eigenvalue weighted by molar-refractivity contribution is 5.90. The lowest BCUT2D eigenvalue weighted by Crippen LogP contribution is -2.85. The standard InChI is InChI=1S/C59H64N6O16/c1-2-27-15-31(17-32(67)16-27)52(73)80-49-40(20-39-46(48(49)70)37(68)19-38(78-39)28-3-5-33(6-4-28)77-41(25-66)47(69)36-7-8-44(60)65-36)79-54-57(75)22-42-56(43-24-62-26-64-43,59(76,53(57)74)50(81-54)51(71)72)21-29-9-12-55-13-10-30-23-63-45(61)18-35(30)58(42,55)34(29)11-14-55/h3-9,12,15-20,22,29,34,41,43,47,50,52-54,62-67,69-70,73-76H,2,10-11,13-14,21,23-26,60-61H2,1H3,(H,71,72)/t29-,34-,41+,43-,47+,50+,52+,53-,54+,55+,56+,57+,58+,59-/m0/s1. The van der Waals surface area contributed by atoms with Crippen molar-refractivity contribution in [3.63, 3.8) is 0 Å². The maximum atomic E-state index is 14.3. The number of aliphatic carboxylic acids is 1. The van der Waals surface area contributed by atoms with Crippen LogP contribution < -0.4 is 47.1 Å². The number of carboxylic acid groups (broad SMARTS) is 1. The molecule has 4 fully saturated rings. The van der Waals surface area contributed by atoms with E-state index in [9.17, 15) is 55.5 Å². The van der Waals surface area contributed by atoms with E-state index in [1.807, 2.05) is 13.0 Å². The molecule has 81 heavy (non-hydrogen) atoms. The van der Waals surface area contributed by atoms with Crippen molar-refractivity contribution in [3.8, 4) is 40.1 Å². The van der Waals surface area contributed by atoms with Gasteiger partial charge in [0.25, 0.3) is 0 Å². The van der Waals surface area contributed by atoms with Crippen molar-refractivity contribution < 1.29 is 74.1 Å². The van der Waals surface area contributed by atoms with Crippen LogP contribution in [0, 0.1) is 28.1 Å². The van der Waals surface area contributed by atoms with Gasteiger partial charge in [0.05, 0.1) is 12.4 Å². The second kappa shape index (κ2) is 18.8. The molecule has 3 aromatic carbocycles. The fourth-order valence-corrected chi connectivity index (χ4v) is 15.6. The number of phenols is 2. The number of rotatable bonds is 14. The van der Waals surface area contributed by atoms with Gasteiger partial charge < -0.3 is 96.4 Å². The molecule has 2 saturated heterocycles. The van der Waals surface area contributed by atoms with Crippen molar-refractivity contribution in [1.82, 2.24) is 20.9 Å². The summed E-state index contributed by atoms with van der Waals surface area (Å²) in [6.07, 6.45) is 0.210. The Bertz CT molecular complexity index is 3590. The Morgan fingerprint density at radius 3 is 2.52 bits per heavy atom. The molecule has 1 spiro atoms. The minimum atomic E-state index is -2.80. The third kappa shape index (κ3) is 7.51. The summed E-state index contributed by atoms with van der Waals surface area (Å²) in [7, 11) is 0. The second-order valence-electron chi connectivity index (χ2n) is 23.0. The molecule has 2 aromatic heterocycles.